The second-order valence-corrected chi connectivity index (χ2v) is 2.28. The van der Waals surface area contributed by atoms with Crippen molar-refractivity contribution in [2.24, 2.45) is 0 Å². The fourth-order valence-corrected chi connectivity index (χ4v) is 0.956. The minimum Gasteiger partial charge on any atom is -1.00 e. The van der Waals surface area contributed by atoms with Gasteiger partial charge in [-0.15, -0.1) is 0 Å². The van der Waals surface area contributed by atoms with Crippen LogP contribution < -0.4 is 59.1 Å². The molecule has 0 saturated carbocycles. The molecule has 1 aromatic rings. The Kier molecular flexibility index (Phi) is 7.20. The van der Waals surface area contributed by atoms with Crippen molar-refractivity contribution >= 4 is 0 Å². The number of rotatable bonds is 1. The minimum atomic E-state index is 0. The third-order valence-corrected chi connectivity index (χ3v) is 1.57. The predicted molar refractivity (Wildman–Crippen MR) is 38.4 cm³/mol. The van der Waals surface area contributed by atoms with Gasteiger partial charge in [0.2, 0.25) is 0 Å². The van der Waals surface area contributed by atoms with Crippen molar-refractivity contribution in [1.29, 1.82) is 0 Å². The summed E-state index contributed by atoms with van der Waals surface area (Å²) >= 11 is 0. The van der Waals surface area contributed by atoms with Crippen LogP contribution in [0, 0.1) is 0 Å². The van der Waals surface area contributed by atoms with E-state index in [2.05, 4.69) is 4.89 Å². The van der Waals surface area contributed by atoms with E-state index in [9.17, 15) is 0 Å². The number of hydrogen-bond acceptors (Lipinski definition) is 2. The molecule has 4 heteroatoms. The van der Waals surface area contributed by atoms with Crippen LogP contribution in [0.1, 0.15) is 14.5 Å². The van der Waals surface area contributed by atoms with Gasteiger partial charge in [0.25, 0.3) is 0 Å². The molecule has 0 aromatic heterocycles. The summed E-state index contributed by atoms with van der Waals surface area (Å²) in [7, 11) is 0. The summed E-state index contributed by atoms with van der Waals surface area (Å²) in [5.41, 5.74) is 1.19. The van der Waals surface area contributed by atoms with Crippen LogP contribution in [0.5, 0.6) is 0 Å². The molecule has 0 N–H and O–H groups in total. The maximum Gasteiger partial charge on any atom is 1.00 e. The van der Waals surface area contributed by atoms with E-state index in [1.54, 1.807) is 0 Å². The third-order valence-electron chi connectivity index (χ3n) is 1.57. The Morgan fingerprint density at radius 3 is 2.17 bits per heavy atom. The van der Waals surface area contributed by atoms with E-state index < -0.39 is 0 Å². The average molecular weight is 184 g/mol. The van der Waals surface area contributed by atoms with Gasteiger partial charge < -0.3 is 2.85 Å². The first kappa shape index (κ1) is 13.1. The second kappa shape index (κ2) is 6.57. The molecule has 1 fully saturated rings. The van der Waals surface area contributed by atoms with Crippen LogP contribution in [0.3, 0.4) is 0 Å². The molecule has 1 unspecified atom stereocenters. The van der Waals surface area contributed by atoms with Gasteiger partial charge in [-0.05, 0) is 5.56 Å². The zero-order valence-corrected chi connectivity index (χ0v) is 11.5. The summed E-state index contributed by atoms with van der Waals surface area (Å²) in [6, 6.07) is 10.1. The minimum absolute atomic E-state index is 0. The van der Waals surface area contributed by atoms with Crippen LogP contribution >= 0.6 is 0 Å². The van der Waals surface area contributed by atoms with Crippen molar-refractivity contribution in [3.05, 3.63) is 35.9 Å². The molecular weight excluding hydrogens is 174 g/mol. The van der Waals surface area contributed by atoms with E-state index >= 15 is 0 Å². The van der Waals surface area contributed by atoms with Gasteiger partial charge in [-0.3, -0.25) is 0 Å². The smallest absolute Gasteiger partial charge is 1.00 e. The molecule has 0 spiro atoms. The zero-order valence-electron chi connectivity index (χ0n) is 9.49. The molecular formula is C8H10Na2O2. The van der Waals surface area contributed by atoms with E-state index in [1.807, 2.05) is 30.3 Å². The van der Waals surface area contributed by atoms with Crippen molar-refractivity contribution in [3.8, 4) is 0 Å². The molecule has 1 aliphatic heterocycles. The largest absolute Gasteiger partial charge is 1.00 e. The molecule has 1 atom stereocenters. The van der Waals surface area contributed by atoms with Crippen molar-refractivity contribution in [3.63, 3.8) is 0 Å². The molecule has 56 valence electrons. The molecule has 1 aliphatic rings. The predicted octanol–water partition coefficient (Wildman–Crippen LogP) is -4.08. The van der Waals surface area contributed by atoms with Gasteiger partial charge in [-0.25, -0.2) is 9.78 Å². The molecule has 2 rings (SSSR count). The molecule has 12 heavy (non-hydrogen) atoms. The SMILES string of the molecule is [H-].[H-].[Na+].[Na+].c1ccc(C2COO2)cc1. The van der Waals surface area contributed by atoms with E-state index in [0.717, 1.165) is 0 Å². The zero-order chi connectivity index (χ0) is 6.81. The van der Waals surface area contributed by atoms with E-state index in [0.29, 0.717) is 6.61 Å². The quantitative estimate of drug-likeness (QED) is 0.326. The van der Waals surface area contributed by atoms with Gasteiger partial charge >= 0.3 is 59.1 Å². The first-order valence-electron chi connectivity index (χ1n) is 3.30. The fraction of sp³-hybridized carbons (Fsp3) is 0.250. The molecule has 1 heterocycles. The molecule has 2 nitrogen and oxygen atoms in total. The molecule has 1 saturated heterocycles. The maximum absolute atomic E-state index is 4.82. The molecule has 0 aliphatic carbocycles. The molecule has 1 aromatic carbocycles. The van der Waals surface area contributed by atoms with Crippen LogP contribution in [0.2, 0.25) is 0 Å². The first-order chi connectivity index (χ1) is 4.97. The van der Waals surface area contributed by atoms with Crippen LogP contribution in [0.4, 0.5) is 0 Å². The number of benzene rings is 1. The molecule has 0 bridgehead atoms. The summed E-state index contributed by atoms with van der Waals surface area (Å²) < 4.78 is 0. The first-order valence-corrected chi connectivity index (χ1v) is 3.30. The van der Waals surface area contributed by atoms with Crippen molar-refractivity contribution < 1.29 is 71.7 Å². The van der Waals surface area contributed by atoms with Gasteiger partial charge in [0.15, 0.2) is 0 Å². The topological polar surface area (TPSA) is 18.5 Å². The van der Waals surface area contributed by atoms with Gasteiger partial charge in [-0.2, -0.15) is 0 Å². The Bertz CT molecular complexity index is 220. The standard InChI is InChI=1S/C8H8O2.2Na.2H/c1-2-4-7(5-3-1)8-6-9-10-8;;;;/h1-5,8H,6H2;;;;/q;2*+1;2*-1. The van der Waals surface area contributed by atoms with Gasteiger partial charge in [0.1, 0.15) is 12.7 Å². The fourth-order valence-electron chi connectivity index (χ4n) is 0.956. The van der Waals surface area contributed by atoms with E-state index in [4.69, 9.17) is 4.89 Å². The Hall–Kier alpha value is 1.14. The van der Waals surface area contributed by atoms with Crippen LogP contribution in [-0.4, -0.2) is 6.61 Å². The Labute approximate surface area is 119 Å². The summed E-state index contributed by atoms with van der Waals surface area (Å²) in [6.45, 7) is 0.685. The summed E-state index contributed by atoms with van der Waals surface area (Å²) in [5, 5.41) is 0. The summed E-state index contributed by atoms with van der Waals surface area (Å²) in [4.78, 5) is 9.41. The molecule has 0 amide bonds. The summed E-state index contributed by atoms with van der Waals surface area (Å²) in [6.07, 6.45) is 0.168. The number of hydrogen-bond donors (Lipinski definition) is 0. The average Bonchev–Trinajstić information content (AvgIpc) is 1.86. The Morgan fingerprint density at radius 1 is 1.17 bits per heavy atom. The summed E-state index contributed by atoms with van der Waals surface area (Å²) in [5.74, 6) is 0. The van der Waals surface area contributed by atoms with Crippen molar-refractivity contribution in [2.45, 2.75) is 6.10 Å². The normalized spacial score (nSPS) is 19.8. The second-order valence-electron chi connectivity index (χ2n) is 2.28. The van der Waals surface area contributed by atoms with Gasteiger partial charge in [0.05, 0.1) is 0 Å². The monoisotopic (exact) mass is 184 g/mol. The Balaban J connectivity index is -0.000000302. The van der Waals surface area contributed by atoms with Crippen LogP contribution in [-0.2, 0) is 9.78 Å². The Morgan fingerprint density at radius 2 is 1.75 bits per heavy atom. The van der Waals surface area contributed by atoms with Gasteiger partial charge in [-0.1, -0.05) is 30.3 Å². The third kappa shape index (κ3) is 3.13. The van der Waals surface area contributed by atoms with E-state index in [1.165, 1.54) is 5.56 Å². The van der Waals surface area contributed by atoms with Crippen molar-refractivity contribution in [1.82, 2.24) is 0 Å². The van der Waals surface area contributed by atoms with Crippen LogP contribution in [0.25, 0.3) is 0 Å². The maximum atomic E-state index is 4.82. The molecule has 0 radical (unpaired) electrons. The van der Waals surface area contributed by atoms with Crippen molar-refractivity contribution in [2.75, 3.05) is 6.61 Å². The van der Waals surface area contributed by atoms with E-state index in [-0.39, 0.29) is 68.1 Å². The van der Waals surface area contributed by atoms with Gasteiger partial charge in [0, 0.05) is 0 Å². The van der Waals surface area contributed by atoms with Crippen LogP contribution in [0.15, 0.2) is 30.3 Å².